The van der Waals surface area contributed by atoms with Crippen LogP contribution in [0.3, 0.4) is 0 Å². The minimum absolute atomic E-state index is 0.0199. The van der Waals surface area contributed by atoms with Gasteiger partial charge in [0, 0.05) is 18.2 Å². The first kappa shape index (κ1) is 20.1. The lowest BCUT2D eigenvalue weighted by Crippen LogP contribution is -2.41. The van der Waals surface area contributed by atoms with Crippen LogP contribution >= 0.6 is 0 Å². The van der Waals surface area contributed by atoms with Crippen LogP contribution in [0.5, 0.6) is 0 Å². The van der Waals surface area contributed by atoms with Gasteiger partial charge in [-0.25, -0.2) is 13.2 Å². The second-order valence-corrected chi connectivity index (χ2v) is 8.72. The molecule has 1 aliphatic heterocycles. The summed E-state index contributed by atoms with van der Waals surface area (Å²) in [5, 5.41) is 9.08. The topological polar surface area (TPSA) is 87.5 Å². The highest BCUT2D eigenvalue weighted by Gasteiger charge is 2.30. The number of sulfonamides is 1. The van der Waals surface area contributed by atoms with Crippen molar-refractivity contribution in [2.45, 2.75) is 43.7 Å². The molecule has 1 saturated heterocycles. The van der Waals surface area contributed by atoms with Gasteiger partial charge in [-0.3, -0.25) is 0 Å². The van der Waals surface area contributed by atoms with E-state index >= 15 is 0 Å². The number of carbonyl (C=O) groups excluding carboxylic acids is 1. The molecule has 3 rings (SSSR count). The van der Waals surface area contributed by atoms with E-state index in [1.807, 2.05) is 6.92 Å². The van der Waals surface area contributed by atoms with Gasteiger partial charge in [-0.2, -0.15) is 9.57 Å². The summed E-state index contributed by atoms with van der Waals surface area (Å²) in [6.45, 7) is 2.42. The molecule has 2 aromatic rings. The Morgan fingerprint density at radius 3 is 2.57 bits per heavy atom. The van der Waals surface area contributed by atoms with Gasteiger partial charge < -0.3 is 4.74 Å². The van der Waals surface area contributed by atoms with Crippen molar-refractivity contribution in [3.8, 4) is 6.07 Å². The molecule has 146 valence electrons. The van der Waals surface area contributed by atoms with Gasteiger partial charge in [0.25, 0.3) is 0 Å². The molecule has 0 aliphatic carbocycles. The van der Waals surface area contributed by atoms with Crippen LogP contribution in [-0.2, 0) is 21.4 Å². The maximum atomic E-state index is 12.8. The van der Waals surface area contributed by atoms with E-state index in [1.165, 1.54) is 28.6 Å². The van der Waals surface area contributed by atoms with Gasteiger partial charge in [0.15, 0.2) is 0 Å². The third kappa shape index (κ3) is 4.24. The molecule has 7 heteroatoms. The largest absolute Gasteiger partial charge is 0.457 e. The zero-order valence-electron chi connectivity index (χ0n) is 15.7. The van der Waals surface area contributed by atoms with Crippen molar-refractivity contribution in [3.63, 3.8) is 0 Å². The van der Waals surface area contributed by atoms with E-state index in [0.29, 0.717) is 17.7 Å². The summed E-state index contributed by atoms with van der Waals surface area (Å²) in [7, 11) is -3.57. The molecular formula is C21H22N2O4S. The standard InChI is InChI=1S/C21H22N2O4S/c1-16-6-4-5-13-23(16)28(25,26)20-11-9-17(10-12-20)21(24)27-15-19-8-3-2-7-18(19)14-22/h2-3,7-12,16H,4-6,13,15H2,1H3/t16-/m1/s1. The van der Waals surface area contributed by atoms with Crippen LogP contribution in [0.2, 0.25) is 0 Å². The smallest absolute Gasteiger partial charge is 0.338 e. The number of nitrogens with zero attached hydrogens (tertiary/aromatic N) is 2. The first-order chi connectivity index (χ1) is 13.4. The second-order valence-electron chi connectivity index (χ2n) is 6.83. The Balaban J connectivity index is 1.70. The number of rotatable bonds is 5. The highest BCUT2D eigenvalue weighted by atomic mass is 32.2. The van der Waals surface area contributed by atoms with Crippen molar-refractivity contribution in [2.75, 3.05) is 6.54 Å². The van der Waals surface area contributed by atoms with Gasteiger partial charge in [0.2, 0.25) is 10.0 Å². The van der Waals surface area contributed by atoms with Gasteiger partial charge in [-0.15, -0.1) is 0 Å². The van der Waals surface area contributed by atoms with Gasteiger partial charge in [0.1, 0.15) is 6.61 Å². The predicted molar refractivity (Wildman–Crippen MR) is 104 cm³/mol. The molecule has 0 radical (unpaired) electrons. The molecule has 1 aliphatic rings. The summed E-state index contributed by atoms with van der Waals surface area (Å²) in [5.41, 5.74) is 1.34. The SMILES string of the molecule is C[C@@H]1CCCCN1S(=O)(=O)c1ccc(C(=O)OCc2ccccc2C#N)cc1. The number of carbonyl (C=O) groups is 1. The summed E-state index contributed by atoms with van der Waals surface area (Å²) in [5.74, 6) is -0.567. The molecular weight excluding hydrogens is 376 g/mol. The molecule has 0 saturated carbocycles. The Bertz CT molecular complexity index is 994. The van der Waals surface area contributed by atoms with Gasteiger partial charge in [-0.05, 0) is 50.1 Å². The number of piperidine rings is 1. The molecule has 1 heterocycles. The van der Waals surface area contributed by atoms with Gasteiger partial charge >= 0.3 is 5.97 Å². The summed E-state index contributed by atoms with van der Waals surface area (Å²) in [4.78, 5) is 12.4. The van der Waals surface area contributed by atoms with E-state index in [4.69, 9.17) is 10.00 Å². The predicted octanol–water partition coefficient (Wildman–Crippen LogP) is 3.48. The van der Waals surface area contributed by atoms with Crippen LogP contribution in [0.15, 0.2) is 53.4 Å². The third-order valence-corrected chi connectivity index (χ3v) is 6.96. The normalized spacial score (nSPS) is 17.6. The van der Waals surface area contributed by atoms with Crippen LogP contribution in [0.25, 0.3) is 0 Å². The molecule has 1 atom stereocenters. The van der Waals surface area contributed by atoms with Crippen molar-refractivity contribution in [1.82, 2.24) is 4.31 Å². The Labute approximate surface area is 165 Å². The second kappa shape index (κ2) is 8.55. The molecule has 0 amide bonds. The molecule has 0 N–H and O–H groups in total. The lowest BCUT2D eigenvalue weighted by atomic mass is 10.1. The number of esters is 1. The van der Waals surface area contributed by atoms with Crippen molar-refractivity contribution < 1.29 is 17.9 Å². The van der Waals surface area contributed by atoms with Gasteiger partial charge in [0.05, 0.1) is 22.1 Å². The van der Waals surface area contributed by atoms with Crippen molar-refractivity contribution >= 4 is 16.0 Å². The Morgan fingerprint density at radius 2 is 1.89 bits per heavy atom. The minimum Gasteiger partial charge on any atom is -0.457 e. The molecule has 6 nitrogen and oxygen atoms in total. The number of ether oxygens (including phenoxy) is 1. The summed E-state index contributed by atoms with van der Waals surface area (Å²) in [6.07, 6.45) is 2.75. The fourth-order valence-corrected chi connectivity index (χ4v) is 5.01. The Morgan fingerprint density at radius 1 is 1.18 bits per heavy atom. The van der Waals surface area contributed by atoms with Crippen LogP contribution in [0, 0.1) is 11.3 Å². The average Bonchev–Trinajstić information content (AvgIpc) is 2.72. The monoisotopic (exact) mass is 398 g/mol. The van der Waals surface area contributed by atoms with Crippen LogP contribution in [0.4, 0.5) is 0 Å². The molecule has 28 heavy (non-hydrogen) atoms. The summed E-state index contributed by atoms with van der Waals surface area (Å²) < 4.78 is 32.5. The summed E-state index contributed by atoms with van der Waals surface area (Å²) in [6, 6.07) is 14.7. The van der Waals surface area contributed by atoms with Crippen LogP contribution < -0.4 is 0 Å². The molecule has 1 fully saturated rings. The Hall–Kier alpha value is -2.69. The van der Waals surface area contributed by atoms with Crippen LogP contribution in [-0.4, -0.2) is 31.3 Å². The molecule has 0 bridgehead atoms. The molecule has 0 unspecified atom stereocenters. The minimum atomic E-state index is -3.57. The van der Waals surface area contributed by atoms with E-state index < -0.39 is 16.0 Å². The molecule has 2 aromatic carbocycles. The van der Waals surface area contributed by atoms with E-state index in [9.17, 15) is 13.2 Å². The number of benzene rings is 2. The maximum absolute atomic E-state index is 12.8. The van der Waals surface area contributed by atoms with E-state index in [1.54, 1.807) is 24.3 Å². The zero-order chi connectivity index (χ0) is 20.1. The molecule has 0 aromatic heterocycles. The first-order valence-electron chi connectivity index (χ1n) is 9.20. The fourth-order valence-electron chi connectivity index (χ4n) is 3.31. The average molecular weight is 398 g/mol. The van der Waals surface area contributed by atoms with Gasteiger partial charge in [-0.1, -0.05) is 24.6 Å². The van der Waals surface area contributed by atoms with Crippen LogP contribution in [0.1, 0.15) is 47.7 Å². The highest BCUT2D eigenvalue weighted by molar-refractivity contribution is 7.89. The number of nitriles is 1. The van der Waals surface area contributed by atoms with E-state index in [0.717, 1.165) is 19.3 Å². The van der Waals surface area contributed by atoms with E-state index in [2.05, 4.69) is 6.07 Å². The third-order valence-electron chi connectivity index (χ3n) is 4.94. The Kier molecular flexibility index (Phi) is 6.12. The van der Waals surface area contributed by atoms with Crippen molar-refractivity contribution in [3.05, 3.63) is 65.2 Å². The van der Waals surface area contributed by atoms with Crippen molar-refractivity contribution in [2.24, 2.45) is 0 Å². The molecule has 0 spiro atoms. The maximum Gasteiger partial charge on any atom is 0.338 e. The quantitative estimate of drug-likeness (QED) is 0.720. The first-order valence-corrected chi connectivity index (χ1v) is 10.6. The number of hydrogen-bond donors (Lipinski definition) is 0. The zero-order valence-corrected chi connectivity index (χ0v) is 16.5. The lowest BCUT2D eigenvalue weighted by Gasteiger charge is -2.32. The van der Waals surface area contributed by atoms with Crippen molar-refractivity contribution in [1.29, 1.82) is 5.26 Å². The lowest BCUT2D eigenvalue weighted by molar-refractivity contribution is 0.0472. The fraction of sp³-hybridized carbons (Fsp3) is 0.333. The highest BCUT2D eigenvalue weighted by Crippen LogP contribution is 2.25. The van der Waals surface area contributed by atoms with E-state index in [-0.39, 0.29) is 23.1 Å². The summed E-state index contributed by atoms with van der Waals surface area (Å²) >= 11 is 0. The number of hydrogen-bond acceptors (Lipinski definition) is 5.